The number of rotatable bonds is 9. The Morgan fingerprint density at radius 3 is 2.21 bits per heavy atom. The first-order chi connectivity index (χ1) is 28.4. The van der Waals surface area contributed by atoms with Gasteiger partial charge in [-0.05, 0) is 70.0 Å². The van der Waals surface area contributed by atoms with Crippen molar-refractivity contribution in [2.24, 2.45) is 16.7 Å². The minimum Gasteiger partial charge on any atom is -0.467 e. The number of alkyl carbamates (subject to hydrolysis) is 1. The molecule has 1 aromatic carbocycles. The third kappa shape index (κ3) is 7.78. The maximum absolute atomic E-state index is 15.5. The lowest BCUT2D eigenvalue weighted by atomic mass is 9.44. The van der Waals surface area contributed by atoms with Crippen LogP contribution >= 0.6 is 0 Å². The van der Waals surface area contributed by atoms with E-state index in [0.717, 1.165) is 14.0 Å². The van der Waals surface area contributed by atoms with Gasteiger partial charge in [-0.25, -0.2) is 19.2 Å². The van der Waals surface area contributed by atoms with Crippen LogP contribution < -0.4 is 5.32 Å². The van der Waals surface area contributed by atoms with Gasteiger partial charge in [-0.1, -0.05) is 32.0 Å². The lowest BCUT2D eigenvalue weighted by Gasteiger charge is -2.67. The smallest absolute Gasteiger partial charge is 0.467 e. The summed E-state index contributed by atoms with van der Waals surface area (Å²) in [4.78, 5) is 82.8. The van der Waals surface area contributed by atoms with Crippen LogP contribution in [0.25, 0.3) is 0 Å². The van der Waals surface area contributed by atoms with Crippen LogP contribution in [0.3, 0.4) is 0 Å². The van der Waals surface area contributed by atoms with Gasteiger partial charge in [-0.2, -0.15) is 0 Å². The number of hydrogen-bond donors (Lipinski definition) is 4. The number of benzene rings is 1. The second-order valence-electron chi connectivity index (χ2n) is 17.7. The molecule has 61 heavy (non-hydrogen) atoms. The van der Waals surface area contributed by atoms with Crippen LogP contribution in [0.2, 0.25) is 0 Å². The van der Waals surface area contributed by atoms with Crippen molar-refractivity contribution >= 4 is 35.9 Å². The van der Waals surface area contributed by atoms with Crippen molar-refractivity contribution in [2.45, 2.75) is 128 Å². The van der Waals surface area contributed by atoms with E-state index in [0.29, 0.717) is 0 Å². The quantitative estimate of drug-likeness (QED) is 0.160. The SMILES string of the molecule is COC(=O)O[C@H]1C(=O)[C@@]2(C)C([C@H](OC(=O)c3ccccc3)[C@]3(O)C[C@H](OC(=O)[C@H](O)[C@@H](NC(=O)OC(C)(C)C)c4ccco4)C(C)=C1C3(C)C)[C@]1(OC(C)=O)CO[C@@H]1C[C@@H]2O. The molecule has 2 saturated carbocycles. The summed E-state index contributed by atoms with van der Waals surface area (Å²) in [6.07, 6.45) is -12.2. The van der Waals surface area contributed by atoms with Crippen LogP contribution in [0.4, 0.5) is 9.59 Å². The standard InChI is InChI=1S/C43H53NO17/c1-21-25(57-36(50)30(47)29(24-16-13-17-55-24)44-37(51)61-39(3,4)5)19-43(53)34(59-35(49)23-14-11-10-12-15-23)32-41(8,26(46)18-27-42(32,20-56-27)60-22(2)45)33(48)31(58-38(52)54-9)28(21)40(43,6)7/h10-17,25-27,29-32,34,46-47,53H,18-20H2,1-9H3,(H,44,51)/t25-,26-,27+,29-,30+,31+,32?,34-,41+,42-,43+/m0/s1. The molecule has 2 heterocycles. The Hall–Kier alpha value is -5.30. The molecule has 18 nitrogen and oxygen atoms in total. The molecule has 2 bridgehead atoms. The topological polar surface area (TPSA) is 253 Å². The Kier molecular flexibility index (Phi) is 12.0. The van der Waals surface area contributed by atoms with E-state index in [1.807, 2.05) is 0 Å². The molecule has 2 aromatic rings. The first kappa shape index (κ1) is 45.2. The van der Waals surface area contributed by atoms with Gasteiger partial charge in [0.05, 0.1) is 43.0 Å². The number of aliphatic hydroxyl groups is 3. The van der Waals surface area contributed by atoms with Gasteiger partial charge in [0, 0.05) is 25.2 Å². The van der Waals surface area contributed by atoms with Crippen molar-refractivity contribution in [1.82, 2.24) is 5.32 Å². The Morgan fingerprint density at radius 2 is 1.66 bits per heavy atom. The Balaban J connectivity index is 1.54. The molecule has 3 fully saturated rings. The number of aliphatic hydroxyl groups excluding tert-OH is 2. The fourth-order valence-corrected chi connectivity index (χ4v) is 9.55. The first-order valence-corrected chi connectivity index (χ1v) is 19.8. The fourth-order valence-electron chi connectivity index (χ4n) is 9.55. The number of ether oxygens (including phenoxy) is 7. The van der Waals surface area contributed by atoms with Crippen LogP contribution in [0.15, 0.2) is 64.3 Å². The molecule has 0 radical (unpaired) electrons. The second kappa shape index (κ2) is 16.2. The summed E-state index contributed by atoms with van der Waals surface area (Å²) < 4.78 is 45.6. The third-order valence-corrected chi connectivity index (χ3v) is 12.6. The number of furan rings is 1. The van der Waals surface area contributed by atoms with E-state index < -0.39 is 119 Å². The molecule has 0 spiro atoms. The van der Waals surface area contributed by atoms with Crippen LogP contribution in [0, 0.1) is 16.7 Å². The van der Waals surface area contributed by atoms with E-state index in [9.17, 15) is 39.3 Å². The predicted molar refractivity (Wildman–Crippen MR) is 207 cm³/mol. The van der Waals surface area contributed by atoms with Gasteiger partial charge in [0.1, 0.15) is 41.3 Å². The van der Waals surface area contributed by atoms with E-state index in [2.05, 4.69) is 5.32 Å². The number of hydrogen-bond acceptors (Lipinski definition) is 17. The second-order valence-corrected chi connectivity index (χ2v) is 17.7. The molecule has 332 valence electrons. The summed E-state index contributed by atoms with van der Waals surface area (Å²) in [7, 11) is 1.01. The zero-order valence-corrected chi connectivity index (χ0v) is 35.4. The van der Waals surface area contributed by atoms with Crippen molar-refractivity contribution in [3.05, 3.63) is 71.2 Å². The first-order valence-electron chi connectivity index (χ1n) is 19.8. The lowest BCUT2D eigenvalue weighted by Crippen LogP contribution is -2.82. The molecule has 1 amide bonds. The Morgan fingerprint density at radius 1 is 0.984 bits per heavy atom. The molecule has 4 aliphatic rings. The molecule has 4 N–H and O–H groups in total. The third-order valence-electron chi connectivity index (χ3n) is 12.6. The average molecular weight is 856 g/mol. The minimum atomic E-state index is -2.45. The van der Waals surface area contributed by atoms with Gasteiger partial charge >= 0.3 is 30.2 Å². The average Bonchev–Trinajstić information content (AvgIpc) is 3.72. The Bertz CT molecular complexity index is 2070. The highest BCUT2D eigenvalue weighted by molar-refractivity contribution is 5.95. The van der Waals surface area contributed by atoms with Crippen LogP contribution in [0.1, 0.15) is 90.4 Å². The van der Waals surface area contributed by atoms with Crippen molar-refractivity contribution < 1.29 is 81.7 Å². The number of methoxy groups -OCH3 is 1. The van der Waals surface area contributed by atoms with Gasteiger partial charge in [0.15, 0.2) is 23.6 Å². The monoisotopic (exact) mass is 855 g/mol. The molecular weight excluding hydrogens is 802 g/mol. The van der Waals surface area contributed by atoms with E-state index >= 15 is 4.79 Å². The molecule has 1 aliphatic heterocycles. The largest absolute Gasteiger partial charge is 0.509 e. The van der Waals surface area contributed by atoms with Gasteiger partial charge in [-0.15, -0.1) is 0 Å². The molecule has 11 atom stereocenters. The molecule has 3 aliphatic carbocycles. The van der Waals surface area contributed by atoms with Crippen LogP contribution in [0.5, 0.6) is 0 Å². The summed E-state index contributed by atoms with van der Waals surface area (Å²) in [6.45, 7) is 11.5. The molecular formula is C43H53NO17. The molecule has 1 aromatic heterocycles. The number of amides is 1. The number of carbonyl (C=O) groups is 6. The fraction of sp³-hybridized carbons (Fsp3) is 0.581. The summed E-state index contributed by atoms with van der Waals surface area (Å²) in [6, 6.07) is 9.04. The molecule has 18 heteroatoms. The van der Waals surface area contributed by atoms with Crippen molar-refractivity contribution in [3.8, 4) is 0 Å². The summed E-state index contributed by atoms with van der Waals surface area (Å²) >= 11 is 0. The zero-order chi connectivity index (χ0) is 45.0. The maximum Gasteiger partial charge on any atom is 0.509 e. The Labute approximate surface area is 351 Å². The minimum absolute atomic E-state index is 0.0421. The number of esters is 3. The highest BCUT2D eigenvalue weighted by Crippen LogP contribution is 2.64. The van der Waals surface area contributed by atoms with Crippen molar-refractivity contribution in [2.75, 3.05) is 13.7 Å². The summed E-state index contributed by atoms with van der Waals surface area (Å²) in [5, 5.41) is 39.6. The van der Waals surface area contributed by atoms with E-state index in [1.165, 1.54) is 58.2 Å². The molecule has 1 saturated heterocycles. The number of carbonyl (C=O) groups excluding carboxylic acids is 6. The van der Waals surface area contributed by atoms with Gasteiger partial charge in [-0.3, -0.25) is 9.59 Å². The van der Waals surface area contributed by atoms with E-state index in [1.54, 1.807) is 39.0 Å². The predicted octanol–water partition coefficient (Wildman–Crippen LogP) is 3.64. The van der Waals surface area contributed by atoms with Gasteiger partial charge < -0.3 is 58.2 Å². The zero-order valence-electron chi connectivity index (χ0n) is 35.4. The van der Waals surface area contributed by atoms with E-state index in [4.69, 9.17) is 37.6 Å². The number of Topliss-reactive ketones (excluding diaryl/α,β-unsaturated/α-hetero) is 1. The number of nitrogens with one attached hydrogen (secondary N) is 1. The van der Waals surface area contributed by atoms with Gasteiger partial charge in [0.25, 0.3) is 0 Å². The van der Waals surface area contributed by atoms with Crippen LogP contribution in [-0.2, 0) is 47.5 Å². The number of ketones is 1. The number of fused-ring (bicyclic) bond motifs is 5. The van der Waals surface area contributed by atoms with Crippen LogP contribution in [-0.4, -0.2) is 118 Å². The maximum atomic E-state index is 15.5. The lowest BCUT2D eigenvalue weighted by molar-refractivity contribution is -0.346. The highest BCUT2D eigenvalue weighted by Gasteiger charge is 2.78. The normalized spacial score (nSPS) is 32.5. The van der Waals surface area contributed by atoms with Crippen molar-refractivity contribution in [3.63, 3.8) is 0 Å². The van der Waals surface area contributed by atoms with Gasteiger partial charge in [0.2, 0.25) is 0 Å². The summed E-state index contributed by atoms with van der Waals surface area (Å²) in [5.41, 5.74) is -9.05. The summed E-state index contributed by atoms with van der Waals surface area (Å²) in [5.74, 6) is -5.71. The van der Waals surface area contributed by atoms with Crippen molar-refractivity contribution in [1.29, 1.82) is 0 Å². The molecule has 6 rings (SSSR count). The highest BCUT2D eigenvalue weighted by atomic mass is 16.7. The molecule has 1 unspecified atom stereocenters. The van der Waals surface area contributed by atoms with E-state index in [-0.39, 0.29) is 35.5 Å².